The van der Waals surface area contributed by atoms with E-state index < -0.39 is 0 Å². The van der Waals surface area contributed by atoms with Gasteiger partial charge in [0.25, 0.3) is 0 Å². The molecule has 0 spiro atoms. The molecule has 1 unspecified atom stereocenters. The summed E-state index contributed by atoms with van der Waals surface area (Å²) < 4.78 is 5.41. The van der Waals surface area contributed by atoms with Crippen LogP contribution in [0.1, 0.15) is 29.7 Å². The Bertz CT molecular complexity index is 566. The Morgan fingerprint density at radius 1 is 1.16 bits per heavy atom. The highest BCUT2D eigenvalue weighted by atomic mass is 16.5. The van der Waals surface area contributed by atoms with Crippen molar-refractivity contribution in [3.63, 3.8) is 0 Å². The van der Waals surface area contributed by atoms with Crippen LogP contribution in [-0.2, 0) is 6.42 Å². The maximum atomic E-state index is 6.35. The zero-order valence-corrected chi connectivity index (χ0v) is 11.4. The van der Waals surface area contributed by atoms with Crippen molar-refractivity contribution in [1.29, 1.82) is 0 Å². The zero-order chi connectivity index (χ0) is 13.8. The highest BCUT2D eigenvalue weighted by molar-refractivity contribution is 5.48. The number of methoxy groups -OCH3 is 1. The van der Waals surface area contributed by atoms with Crippen LogP contribution in [0.2, 0.25) is 0 Å². The van der Waals surface area contributed by atoms with E-state index in [1.165, 1.54) is 5.56 Å². The summed E-state index contributed by atoms with van der Waals surface area (Å²) in [4.78, 5) is 0. The molecule has 0 saturated carbocycles. The molecule has 100 valence electrons. The van der Waals surface area contributed by atoms with Crippen molar-refractivity contribution in [2.45, 2.75) is 19.4 Å². The molecule has 4 N–H and O–H groups in total. The van der Waals surface area contributed by atoms with Crippen LogP contribution in [0, 0.1) is 0 Å². The Kier molecular flexibility index (Phi) is 4.07. The van der Waals surface area contributed by atoms with Crippen molar-refractivity contribution in [1.82, 2.24) is 0 Å². The Morgan fingerprint density at radius 2 is 1.95 bits per heavy atom. The fourth-order valence-corrected chi connectivity index (χ4v) is 2.18. The third kappa shape index (κ3) is 2.88. The van der Waals surface area contributed by atoms with Crippen molar-refractivity contribution < 1.29 is 4.74 Å². The van der Waals surface area contributed by atoms with Crippen LogP contribution >= 0.6 is 0 Å². The third-order valence-corrected chi connectivity index (χ3v) is 3.31. The van der Waals surface area contributed by atoms with Gasteiger partial charge in [0.1, 0.15) is 5.75 Å². The van der Waals surface area contributed by atoms with Gasteiger partial charge in [0.15, 0.2) is 0 Å². The lowest BCUT2D eigenvalue weighted by molar-refractivity contribution is 0.407. The molecule has 0 amide bonds. The highest BCUT2D eigenvalue weighted by Gasteiger charge is 2.14. The molecule has 2 aromatic carbocycles. The SMILES string of the molecule is CCc1ccc(OC)c(C(N)c2cccc(N)c2)c1. The Balaban J connectivity index is 2.44. The molecule has 0 radical (unpaired) electrons. The van der Waals surface area contributed by atoms with Crippen molar-refractivity contribution in [2.24, 2.45) is 5.73 Å². The van der Waals surface area contributed by atoms with Gasteiger partial charge in [-0.15, -0.1) is 0 Å². The van der Waals surface area contributed by atoms with Gasteiger partial charge in [-0.3, -0.25) is 0 Å². The van der Waals surface area contributed by atoms with E-state index >= 15 is 0 Å². The van der Waals surface area contributed by atoms with Crippen LogP contribution in [0.4, 0.5) is 5.69 Å². The lowest BCUT2D eigenvalue weighted by atomic mass is 9.96. The van der Waals surface area contributed by atoms with Crippen LogP contribution in [0.25, 0.3) is 0 Å². The molecule has 0 aliphatic heterocycles. The van der Waals surface area contributed by atoms with Crippen LogP contribution in [-0.4, -0.2) is 7.11 Å². The second-order valence-electron chi connectivity index (χ2n) is 4.58. The van der Waals surface area contributed by atoms with E-state index in [2.05, 4.69) is 19.1 Å². The number of rotatable bonds is 4. The fraction of sp³-hybridized carbons (Fsp3) is 0.250. The Hall–Kier alpha value is -2.00. The molecule has 3 heteroatoms. The summed E-state index contributed by atoms with van der Waals surface area (Å²) in [7, 11) is 1.66. The summed E-state index contributed by atoms with van der Waals surface area (Å²) in [5, 5.41) is 0. The number of nitrogens with two attached hydrogens (primary N) is 2. The molecule has 3 nitrogen and oxygen atoms in total. The second kappa shape index (κ2) is 5.76. The molecular weight excluding hydrogens is 236 g/mol. The molecule has 0 aliphatic carbocycles. The van der Waals surface area contributed by atoms with E-state index in [9.17, 15) is 0 Å². The second-order valence-corrected chi connectivity index (χ2v) is 4.58. The van der Waals surface area contributed by atoms with Gasteiger partial charge in [0.05, 0.1) is 13.2 Å². The monoisotopic (exact) mass is 256 g/mol. The molecule has 0 aliphatic rings. The van der Waals surface area contributed by atoms with E-state index in [0.717, 1.165) is 29.0 Å². The summed E-state index contributed by atoms with van der Waals surface area (Å²) in [5.41, 5.74) is 16.1. The Morgan fingerprint density at radius 3 is 2.58 bits per heavy atom. The first-order valence-corrected chi connectivity index (χ1v) is 6.43. The summed E-state index contributed by atoms with van der Waals surface area (Å²) >= 11 is 0. The first kappa shape index (κ1) is 13.4. The average Bonchev–Trinajstić information content (AvgIpc) is 2.45. The van der Waals surface area contributed by atoms with Crippen molar-refractivity contribution >= 4 is 5.69 Å². The normalized spacial score (nSPS) is 12.2. The number of nitrogen functional groups attached to an aromatic ring is 1. The van der Waals surface area contributed by atoms with Crippen molar-refractivity contribution in [3.05, 3.63) is 59.2 Å². The predicted molar refractivity (Wildman–Crippen MR) is 79.3 cm³/mol. The minimum Gasteiger partial charge on any atom is -0.496 e. The number of hydrogen-bond donors (Lipinski definition) is 2. The number of ether oxygens (including phenoxy) is 1. The fourth-order valence-electron chi connectivity index (χ4n) is 2.18. The summed E-state index contributed by atoms with van der Waals surface area (Å²) in [5.74, 6) is 0.812. The van der Waals surface area contributed by atoms with Crippen LogP contribution in [0.3, 0.4) is 0 Å². The van der Waals surface area contributed by atoms with Crippen LogP contribution in [0.15, 0.2) is 42.5 Å². The molecule has 1 atom stereocenters. The molecule has 19 heavy (non-hydrogen) atoms. The Labute approximate surface area is 114 Å². The molecule has 2 rings (SSSR count). The topological polar surface area (TPSA) is 61.3 Å². The standard InChI is InChI=1S/C16H20N2O/c1-3-11-7-8-15(19-2)14(9-11)16(18)12-5-4-6-13(17)10-12/h4-10,16H,3,17-18H2,1-2H3. The molecule has 2 aromatic rings. The molecular formula is C16H20N2O. The van der Waals surface area contributed by atoms with Crippen molar-refractivity contribution in [2.75, 3.05) is 12.8 Å². The first-order chi connectivity index (χ1) is 9.15. The molecule has 0 fully saturated rings. The first-order valence-electron chi connectivity index (χ1n) is 6.43. The largest absolute Gasteiger partial charge is 0.496 e. The molecule has 0 aromatic heterocycles. The van der Waals surface area contributed by atoms with E-state index in [4.69, 9.17) is 16.2 Å². The minimum absolute atomic E-state index is 0.232. The summed E-state index contributed by atoms with van der Waals surface area (Å²) in [6, 6.07) is 13.6. The van der Waals surface area contributed by atoms with E-state index in [-0.39, 0.29) is 6.04 Å². The highest BCUT2D eigenvalue weighted by Crippen LogP contribution is 2.30. The van der Waals surface area contributed by atoms with E-state index in [0.29, 0.717) is 0 Å². The van der Waals surface area contributed by atoms with Gasteiger partial charge >= 0.3 is 0 Å². The summed E-state index contributed by atoms with van der Waals surface area (Å²) in [6.45, 7) is 2.12. The van der Waals surface area contributed by atoms with Gasteiger partial charge in [-0.2, -0.15) is 0 Å². The number of anilines is 1. The molecule has 0 bridgehead atoms. The van der Waals surface area contributed by atoms with Gasteiger partial charge in [-0.25, -0.2) is 0 Å². The lowest BCUT2D eigenvalue weighted by Crippen LogP contribution is -2.13. The number of hydrogen-bond acceptors (Lipinski definition) is 3. The zero-order valence-electron chi connectivity index (χ0n) is 11.4. The van der Waals surface area contributed by atoms with Crippen molar-refractivity contribution in [3.8, 4) is 5.75 Å². The number of aryl methyl sites for hydroxylation is 1. The lowest BCUT2D eigenvalue weighted by Gasteiger charge is -2.17. The molecule has 0 heterocycles. The van der Waals surface area contributed by atoms with Gasteiger partial charge in [-0.1, -0.05) is 31.2 Å². The maximum Gasteiger partial charge on any atom is 0.123 e. The van der Waals surface area contributed by atoms with Gasteiger partial charge in [0.2, 0.25) is 0 Å². The van der Waals surface area contributed by atoms with E-state index in [1.54, 1.807) is 7.11 Å². The maximum absolute atomic E-state index is 6.35. The van der Waals surface area contributed by atoms with E-state index in [1.807, 2.05) is 30.3 Å². The smallest absolute Gasteiger partial charge is 0.123 e. The minimum atomic E-state index is -0.232. The summed E-state index contributed by atoms with van der Waals surface area (Å²) in [6.07, 6.45) is 0.973. The third-order valence-electron chi connectivity index (χ3n) is 3.31. The van der Waals surface area contributed by atoms with Gasteiger partial charge in [0, 0.05) is 11.3 Å². The van der Waals surface area contributed by atoms with Crippen LogP contribution < -0.4 is 16.2 Å². The van der Waals surface area contributed by atoms with Gasteiger partial charge < -0.3 is 16.2 Å². The predicted octanol–water partition coefficient (Wildman–Crippen LogP) is 2.89. The average molecular weight is 256 g/mol. The quantitative estimate of drug-likeness (QED) is 0.827. The number of benzene rings is 2. The van der Waals surface area contributed by atoms with Crippen LogP contribution in [0.5, 0.6) is 5.75 Å². The van der Waals surface area contributed by atoms with Gasteiger partial charge in [-0.05, 0) is 35.7 Å². The molecule has 0 saturated heterocycles.